The van der Waals surface area contributed by atoms with Crippen molar-refractivity contribution in [1.82, 2.24) is 5.32 Å². The molecule has 1 amide bonds. The van der Waals surface area contributed by atoms with E-state index in [0.29, 0.717) is 17.4 Å². The van der Waals surface area contributed by atoms with E-state index in [1.807, 2.05) is 33.3 Å². The van der Waals surface area contributed by atoms with Crippen LogP contribution in [0.1, 0.15) is 206 Å². The molecule has 0 rings (SSSR count). The van der Waals surface area contributed by atoms with E-state index in [4.69, 9.17) is 9.05 Å². The zero-order chi connectivity index (χ0) is 40.0. The van der Waals surface area contributed by atoms with Crippen LogP contribution in [0.5, 0.6) is 0 Å². The minimum absolute atomic E-state index is 0.00422. The number of quaternary nitrogens is 1. The van der Waals surface area contributed by atoms with E-state index in [9.17, 15) is 19.4 Å². The van der Waals surface area contributed by atoms with E-state index in [1.165, 1.54) is 154 Å². The van der Waals surface area contributed by atoms with Gasteiger partial charge >= 0.3 is 0 Å². The zero-order valence-electron chi connectivity index (χ0n) is 36.2. The monoisotopic (exact) mass is 785 g/mol. The predicted molar refractivity (Wildman–Crippen MR) is 228 cm³/mol. The lowest BCUT2D eigenvalue weighted by molar-refractivity contribution is -0.870. The SMILES string of the molecule is CCCCCCCCCCCCC=CC[C@@H](O)[C@H](COP(=O)([O-])OCC[N+](C)(C)C)NC(=O)CC=CCCCCCCCCCCCCCCCCCC. The topological polar surface area (TPSA) is 108 Å². The fourth-order valence-electron chi connectivity index (χ4n) is 6.54. The molecule has 3 atom stereocenters. The van der Waals surface area contributed by atoms with Gasteiger partial charge in [-0.1, -0.05) is 192 Å². The molecule has 9 heteroatoms. The van der Waals surface area contributed by atoms with E-state index in [2.05, 4.69) is 31.3 Å². The number of likely N-dealkylation sites (N-methyl/N-ethyl adjacent to an activating group) is 1. The number of amides is 1. The average molecular weight is 785 g/mol. The van der Waals surface area contributed by atoms with Gasteiger partial charge in [-0.2, -0.15) is 0 Å². The van der Waals surface area contributed by atoms with Gasteiger partial charge in [-0.05, 0) is 32.1 Å². The third-order valence-corrected chi connectivity index (χ3v) is 11.2. The largest absolute Gasteiger partial charge is 0.756 e. The van der Waals surface area contributed by atoms with E-state index in [-0.39, 0.29) is 25.5 Å². The van der Waals surface area contributed by atoms with Crippen LogP contribution in [0.3, 0.4) is 0 Å². The van der Waals surface area contributed by atoms with Crippen molar-refractivity contribution in [1.29, 1.82) is 0 Å². The van der Waals surface area contributed by atoms with E-state index >= 15 is 0 Å². The Morgan fingerprint density at radius 3 is 1.43 bits per heavy atom. The predicted octanol–water partition coefficient (Wildman–Crippen LogP) is 11.9. The molecule has 0 radical (unpaired) electrons. The Morgan fingerprint density at radius 1 is 0.630 bits per heavy atom. The van der Waals surface area contributed by atoms with Crippen LogP contribution >= 0.6 is 7.82 Å². The molecular weight excluding hydrogens is 695 g/mol. The number of phosphoric acid groups is 1. The molecule has 0 aliphatic rings. The summed E-state index contributed by atoms with van der Waals surface area (Å²) in [4.78, 5) is 25.2. The lowest BCUT2D eigenvalue weighted by Crippen LogP contribution is -2.46. The van der Waals surface area contributed by atoms with Crippen LogP contribution in [-0.4, -0.2) is 68.5 Å². The second-order valence-electron chi connectivity index (χ2n) is 16.8. The first-order valence-corrected chi connectivity index (χ1v) is 24.1. The van der Waals surface area contributed by atoms with Gasteiger partial charge < -0.3 is 28.8 Å². The van der Waals surface area contributed by atoms with Gasteiger partial charge in [0.15, 0.2) is 0 Å². The molecule has 2 N–H and O–H groups in total. The number of carbonyl (C=O) groups is 1. The first-order chi connectivity index (χ1) is 26.0. The van der Waals surface area contributed by atoms with E-state index in [0.717, 1.165) is 25.7 Å². The van der Waals surface area contributed by atoms with Crippen molar-refractivity contribution in [2.24, 2.45) is 0 Å². The van der Waals surface area contributed by atoms with Crippen LogP contribution < -0.4 is 10.2 Å². The Kier molecular flexibility index (Phi) is 36.8. The Labute approximate surface area is 334 Å². The van der Waals surface area contributed by atoms with Gasteiger partial charge in [-0.3, -0.25) is 9.36 Å². The van der Waals surface area contributed by atoms with Gasteiger partial charge in [-0.25, -0.2) is 0 Å². The summed E-state index contributed by atoms with van der Waals surface area (Å²) in [5.41, 5.74) is 0. The highest BCUT2D eigenvalue weighted by molar-refractivity contribution is 7.45. The number of aliphatic hydroxyl groups is 1. The molecule has 54 heavy (non-hydrogen) atoms. The maximum Gasteiger partial charge on any atom is 0.268 e. The highest BCUT2D eigenvalue weighted by Crippen LogP contribution is 2.38. The minimum atomic E-state index is -4.59. The Bertz CT molecular complexity index is 938. The standard InChI is InChI=1S/C45H89N2O6P/c1-6-8-10-12-14-16-18-20-21-22-23-24-25-27-29-31-33-35-37-39-45(49)46-43(42-53-54(50,51)52-41-40-47(3,4)5)44(48)38-36-34-32-30-28-26-19-17-15-13-11-9-7-2/h34-37,43-44,48H,6-33,38-42H2,1-5H3,(H-,46,49,50,51)/t43-,44+/m0/s1. The number of aliphatic hydroxyl groups excluding tert-OH is 1. The van der Waals surface area contributed by atoms with E-state index in [1.54, 1.807) is 0 Å². The quantitative estimate of drug-likeness (QED) is 0.0277. The number of hydrogen-bond acceptors (Lipinski definition) is 6. The van der Waals surface area contributed by atoms with Crippen molar-refractivity contribution in [3.63, 3.8) is 0 Å². The highest BCUT2D eigenvalue weighted by atomic mass is 31.2. The molecule has 1 unspecified atom stereocenters. The molecule has 320 valence electrons. The number of nitrogens with zero attached hydrogens (tertiary/aromatic N) is 1. The Hall–Kier alpha value is -1.02. The van der Waals surface area contributed by atoms with Crippen molar-refractivity contribution in [2.45, 2.75) is 219 Å². The summed E-state index contributed by atoms with van der Waals surface area (Å²) in [6.45, 7) is 4.63. The van der Waals surface area contributed by atoms with Crippen molar-refractivity contribution in [3.8, 4) is 0 Å². The summed E-state index contributed by atoms with van der Waals surface area (Å²) in [5, 5.41) is 13.8. The normalized spacial score (nSPS) is 14.6. The number of rotatable bonds is 41. The van der Waals surface area contributed by atoms with Crippen molar-refractivity contribution < 1.29 is 32.9 Å². The molecule has 0 aliphatic heterocycles. The summed E-state index contributed by atoms with van der Waals surface area (Å²) < 4.78 is 23.2. The van der Waals surface area contributed by atoms with Gasteiger partial charge in [-0.15, -0.1) is 0 Å². The summed E-state index contributed by atoms with van der Waals surface area (Å²) in [7, 11) is 1.25. The summed E-state index contributed by atoms with van der Waals surface area (Å²) in [6.07, 6.45) is 43.7. The number of allylic oxidation sites excluding steroid dienone is 2. The van der Waals surface area contributed by atoms with Crippen LogP contribution in [0.15, 0.2) is 24.3 Å². The molecule has 0 saturated carbocycles. The first-order valence-electron chi connectivity index (χ1n) is 22.7. The fourth-order valence-corrected chi connectivity index (χ4v) is 7.26. The summed E-state index contributed by atoms with van der Waals surface area (Å²) in [5.74, 6) is -0.271. The first kappa shape index (κ1) is 53.0. The number of phosphoric ester groups is 1. The Balaban J connectivity index is 4.40. The van der Waals surface area contributed by atoms with Crippen LogP contribution in [0.2, 0.25) is 0 Å². The molecule has 0 bridgehead atoms. The lowest BCUT2D eigenvalue weighted by Gasteiger charge is -2.29. The molecule has 0 heterocycles. The summed E-state index contributed by atoms with van der Waals surface area (Å²) >= 11 is 0. The van der Waals surface area contributed by atoms with Crippen molar-refractivity contribution in [3.05, 3.63) is 24.3 Å². The van der Waals surface area contributed by atoms with Crippen molar-refractivity contribution in [2.75, 3.05) is 40.9 Å². The molecular formula is C45H89N2O6P. The summed E-state index contributed by atoms with van der Waals surface area (Å²) in [6, 6.07) is -0.877. The van der Waals surface area contributed by atoms with Gasteiger partial charge in [0.1, 0.15) is 13.2 Å². The van der Waals surface area contributed by atoms with E-state index < -0.39 is 20.0 Å². The van der Waals surface area contributed by atoms with Gasteiger partial charge in [0.05, 0.1) is 39.9 Å². The number of nitrogens with one attached hydrogen (secondary N) is 1. The van der Waals surface area contributed by atoms with Crippen molar-refractivity contribution >= 4 is 13.7 Å². The van der Waals surface area contributed by atoms with Crippen LogP contribution in [0.4, 0.5) is 0 Å². The highest BCUT2D eigenvalue weighted by Gasteiger charge is 2.23. The smallest absolute Gasteiger partial charge is 0.268 e. The third kappa shape index (κ3) is 39.2. The molecule has 0 aromatic carbocycles. The fraction of sp³-hybridized carbons (Fsp3) is 0.889. The lowest BCUT2D eigenvalue weighted by atomic mass is 10.0. The average Bonchev–Trinajstić information content (AvgIpc) is 3.12. The van der Waals surface area contributed by atoms with Crippen LogP contribution in [0, 0.1) is 0 Å². The third-order valence-electron chi connectivity index (χ3n) is 10.2. The second kappa shape index (κ2) is 37.6. The van der Waals surface area contributed by atoms with Crippen LogP contribution in [0.25, 0.3) is 0 Å². The molecule has 0 spiro atoms. The van der Waals surface area contributed by atoms with Gasteiger partial charge in [0, 0.05) is 6.42 Å². The number of hydrogen-bond donors (Lipinski definition) is 2. The maximum atomic E-state index is 12.8. The molecule has 0 aromatic rings. The molecule has 8 nitrogen and oxygen atoms in total. The second-order valence-corrected chi connectivity index (χ2v) is 18.2. The maximum absolute atomic E-state index is 12.8. The van der Waals surface area contributed by atoms with Crippen LogP contribution in [-0.2, 0) is 18.4 Å². The minimum Gasteiger partial charge on any atom is -0.756 e. The molecule has 0 fully saturated rings. The van der Waals surface area contributed by atoms with Gasteiger partial charge in [0.25, 0.3) is 7.82 Å². The molecule has 0 aromatic heterocycles. The molecule has 0 aliphatic carbocycles. The number of unbranched alkanes of at least 4 members (excludes halogenated alkanes) is 26. The molecule has 0 saturated heterocycles. The zero-order valence-corrected chi connectivity index (χ0v) is 37.1. The van der Waals surface area contributed by atoms with Gasteiger partial charge in [0.2, 0.25) is 5.91 Å². The Morgan fingerprint density at radius 2 is 1.02 bits per heavy atom. The number of carbonyl (C=O) groups excluding carboxylic acids is 1.